The Hall–Kier alpha value is -0.990. The van der Waals surface area contributed by atoms with E-state index in [2.05, 4.69) is 11.4 Å². The second kappa shape index (κ2) is 5.18. The number of nitrogens with zero attached hydrogens (tertiary/aromatic N) is 1. The van der Waals surface area contributed by atoms with Gasteiger partial charge in [-0.1, -0.05) is 36.0 Å². The van der Waals surface area contributed by atoms with Crippen LogP contribution in [0, 0.1) is 0 Å². The molecular formula is C15H16Cl2N2. The van der Waals surface area contributed by atoms with Gasteiger partial charge in [-0.15, -0.1) is 0 Å². The number of hydrogen-bond donors (Lipinski definition) is 1. The van der Waals surface area contributed by atoms with Gasteiger partial charge in [0, 0.05) is 34.8 Å². The van der Waals surface area contributed by atoms with E-state index in [0.29, 0.717) is 16.0 Å². The molecule has 0 spiro atoms. The normalized spacial score (nSPS) is 16.2. The molecule has 0 aliphatic heterocycles. The first-order chi connectivity index (χ1) is 9.19. The molecule has 2 nitrogen and oxygen atoms in total. The van der Waals surface area contributed by atoms with Crippen molar-refractivity contribution >= 4 is 39.8 Å². The van der Waals surface area contributed by atoms with Crippen LogP contribution in [0.2, 0.25) is 10.0 Å². The van der Waals surface area contributed by atoms with Gasteiger partial charge in [0.15, 0.2) is 0 Å². The Balaban J connectivity index is 2.21. The van der Waals surface area contributed by atoms with E-state index in [1.54, 1.807) is 6.07 Å². The van der Waals surface area contributed by atoms with Gasteiger partial charge in [-0.05, 0) is 31.0 Å². The minimum atomic E-state index is 0.578. The van der Waals surface area contributed by atoms with Crippen molar-refractivity contribution in [2.24, 2.45) is 0 Å². The molecule has 2 aromatic rings. The maximum Gasteiger partial charge on any atom is 0.0756 e. The summed E-state index contributed by atoms with van der Waals surface area (Å²) in [5, 5.41) is 5.47. The van der Waals surface area contributed by atoms with Crippen molar-refractivity contribution < 1.29 is 0 Å². The second-order valence-electron chi connectivity index (χ2n) is 5.11. The van der Waals surface area contributed by atoms with Gasteiger partial charge in [-0.25, -0.2) is 0 Å². The molecule has 19 heavy (non-hydrogen) atoms. The average Bonchev–Trinajstić information content (AvgIpc) is 2.90. The molecule has 100 valence electrons. The summed E-state index contributed by atoms with van der Waals surface area (Å²) >= 11 is 12.4. The molecule has 1 aromatic heterocycles. The summed E-state index contributed by atoms with van der Waals surface area (Å²) in [7, 11) is 1.91. The van der Waals surface area contributed by atoms with Crippen molar-refractivity contribution in [2.45, 2.75) is 31.6 Å². The summed E-state index contributed by atoms with van der Waals surface area (Å²) in [6.45, 7) is 0. The quantitative estimate of drug-likeness (QED) is 0.819. The van der Waals surface area contributed by atoms with E-state index >= 15 is 0 Å². The molecule has 1 aliphatic carbocycles. The van der Waals surface area contributed by atoms with Gasteiger partial charge in [0.25, 0.3) is 0 Å². The van der Waals surface area contributed by atoms with Crippen molar-refractivity contribution in [2.75, 3.05) is 12.4 Å². The van der Waals surface area contributed by atoms with E-state index < -0.39 is 0 Å². The standard InChI is InChI=1S/C15H16Cl2N2/c1-18-13-8-12(9-4-2-3-5-9)19-14-7-10(16)6-11(17)15(13)14/h6-9H,2-5H2,1H3,(H,18,19). The Bertz CT molecular complexity index is 619. The zero-order valence-electron chi connectivity index (χ0n) is 10.8. The zero-order chi connectivity index (χ0) is 13.4. The van der Waals surface area contributed by atoms with Gasteiger partial charge in [0.05, 0.1) is 10.5 Å². The second-order valence-corrected chi connectivity index (χ2v) is 5.95. The molecule has 1 aromatic carbocycles. The SMILES string of the molecule is CNc1cc(C2CCCC2)nc2cc(Cl)cc(Cl)c12. The minimum Gasteiger partial charge on any atom is -0.387 e. The number of rotatable bonds is 2. The number of hydrogen-bond acceptors (Lipinski definition) is 2. The highest BCUT2D eigenvalue weighted by Gasteiger charge is 2.20. The van der Waals surface area contributed by atoms with Gasteiger partial charge >= 0.3 is 0 Å². The fourth-order valence-corrected chi connectivity index (χ4v) is 3.52. The van der Waals surface area contributed by atoms with Crippen LogP contribution in [0.25, 0.3) is 10.9 Å². The van der Waals surface area contributed by atoms with E-state index in [1.807, 2.05) is 13.1 Å². The Morgan fingerprint density at radius 3 is 2.58 bits per heavy atom. The summed E-state index contributed by atoms with van der Waals surface area (Å²) in [5.74, 6) is 0.578. The summed E-state index contributed by atoms with van der Waals surface area (Å²) in [6.07, 6.45) is 5.07. The topological polar surface area (TPSA) is 24.9 Å². The number of pyridine rings is 1. The molecule has 1 aliphatic rings. The number of aromatic nitrogens is 1. The number of benzene rings is 1. The van der Waals surface area contributed by atoms with E-state index in [4.69, 9.17) is 28.2 Å². The summed E-state index contributed by atoms with van der Waals surface area (Å²) in [4.78, 5) is 4.78. The van der Waals surface area contributed by atoms with Crippen LogP contribution in [0.15, 0.2) is 18.2 Å². The lowest BCUT2D eigenvalue weighted by Crippen LogP contribution is -2.00. The molecule has 1 N–H and O–H groups in total. The van der Waals surface area contributed by atoms with Crippen LogP contribution in [0.3, 0.4) is 0 Å². The highest BCUT2D eigenvalue weighted by molar-refractivity contribution is 6.39. The molecule has 1 fully saturated rings. The lowest BCUT2D eigenvalue weighted by molar-refractivity contribution is 0.701. The Morgan fingerprint density at radius 1 is 1.16 bits per heavy atom. The lowest BCUT2D eigenvalue weighted by atomic mass is 10.0. The monoisotopic (exact) mass is 294 g/mol. The van der Waals surface area contributed by atoms with Crippen LogP contribution in [0.5, 0.6) is 0 Å². The predicted molar refractivity (Wildman–Crippen MR) is 82.5 cm³/mol. The fourth-order valence-electron chi connectivity index (χ4n) is 2.93. The molecule has 0 radical (unpaired) electrons. The van der Waals surface area contributed by atoms with Crippen molar-refractivity contribution in [1.82, 2.24) is 4.98 Å². The molecule has 0 unspecified atom stereocenters. The van der Waals surface area contributed by atoms with Gasteiger partial charge < -0.3 is 5.32 Å². The number of fused-ring (bicyclic) bond motifs is 1. The smallest absolute Gasteiger partial charge is 0.0756 e. The van der Waals surface area contributed by atoms with Crippen molar-refractivity contribution in [3.63, 3.8) is 0 Å². The van der Waals surface area contributed by atoms with Gasteiger partial charge in [-0.3, -0.25) is 4.98 Å². The average molecular weight is 295 g/mol. The maximum atomic E-state index is 6.29. The molecular weight excluding hydrogens is 279 g/mol. The van der Waals surface area contributed by atoms with Crippen LogP contribution >= 0.6 is 23.2 Å². The molecule has 0 atom stereocenters. The number of nitrogens with one attached hydrogen (secondary N) is 1. The van der Waals surface area contributed by atoms with Crippen molar-refractivity contribution in [3.8, 4) is 0 Å². The third-order valence-corrected chi connectivity index (χ3v) is 4.40. The molecule has 4 heteroatoms. The summed E-state index contributed by atoms with van der Waals surface area (Å²) in [5.41, 5.74) is 3.08. The number of halogens is 2. The summed E-state index contributed by atoms with van der Waals surface area (Å²) in [6, 6.07) is 5.80. The molecule has 3 rings (SSSR count). The minimum absolute atomic E-state index is 0.578. The Labute approximate surface area is 123 Å². The first-order valence-electron chi connectivity index (χ1n) is 6.66. The van der Waals surface area contributed by atoms with Gasteiger partial charge in [-0.2, -0.15) is 0 Å². The third kappa shape index (κ3) is 2.39. The highest BCUT2D eigenvalue weighted by atomic mass is 35.5. The molecule has 1 saturated carbocycles. The third-order valence-electron chi connectivity index (χ3n) is 3.89. The molecule has 0 bridgehead atoms. The van der Waals surface area contributed by atoms with E-state index in [9.17, 15) is 0 Å². The van der Waals surface area contributed by atoms with E-state index in [-0.39, 0.29) is 0 Å². The molecule has 1 heterocycles. The van der Waals surface area contributed by atoms with Crippen LogP contribution in [-0.2, 0) is 0 Å². The first-order valence-corrected chi connectivity index (χ1v) is 7.42. The Morgan fingerprint density at radius 2 is 1.89 bits per heavy atom. The van der Waals surface area contributed by atoms with Crippen molar-refractivity contribution in [3.05, 3.63) is 33.9 Å². The maximum absolute atomic E-state index is 6.29. The van der Waals surface area contributed by atoms with Crippen molar-refractivity contribution in [1.29, 1.82) is 0 Å². The molecule has 0 amide bonds. The predicted octanol–water partition coefficient (Wildman–Crippen LogP) is 5.24. The van der Waals surface area contributed by atoms with Crippen LogP contribution < -0.4 is 5.32 Å². The van der Waals surface area contributed by atoms with Crippen LogP contribution in [-0.4, -0.2) is 12.0 Å². The Kier molecular flexibility index (Phi) is 3.55. The largest absolute Gasteiger partial charge is 0.387 e. The van der Waals surface area contributed by atoms with Crippen LogP contribution in [0.1, 0.15) is 37.3 Å². The fraction of sp³-hybridized carbons (Fsp3) is 0.400. The zero-order valence-corrected chi connectivity index (χ0v) is 12.4. The van der Waals surface area contributed by atoms with E-state index in [1.165, 1.54) is 25.7 Å². The van der Waals surface area contributed by atoms with E-state index in [0.717, 1.165) is 22.3 Å². The first kappa shape index (κ1) is 13.0. The highest BCUT2D eigenvalue weighted by Crippen LogP contribution is 2.38. The molecule has 0 saturated heterocycles. The summed E-state index contributed by atoms with van der Waals surface area (Å²) < 4.78 is 0. The van der Waals surface area contributed by atoms with Crippen LogP contribution in [0.4, 0.5) is 5.69 Å². The van der Waals surface area contributed by atoms with Gasteiger partial charge in [0.1, 0.15) is 0 Å². The number of anilines is 1. The van der Waals surface area contributed by atoms with Gasteiger partial charge in [0.2, 0.25) is 0 Å². The lowest BCUT2D eigenvalue weighted by Gasteiger charge is -2.14.